The highest BCUT2D eigenvalue weighted by Gasteiger charge is 2.34. The van der Waals surface area contributed by atoms with Crippen molar-refractivity contribution in [2.45, 2.75) is 32.4 Å². The summed E-state index contributed by atoms with van der Waals surface area (Å²) < 4.78 is 0. The molecule has 0 aliphatic heterocycles. The molecule has 2 aromatic carbocycles. The zero-order chi connectivity index (χ0) is 16.9. The van der Waals surface area contributed by atoms with Crippen LogP contribution in [0.3, 0.4) is 0 Å². The Labute approximate surface area is 142 Å². The maximum atomic E-state index is 12.8. The van der Waals surface area contributed by atoms with Crippen molar-refractivity contribution in [2.24, 2.45) is 5.92 Å². The van der Waals surface area contributed by atoms with E-state index in [1.165, 1.54) is 12.8 Å². The Morgan fingerprint density at radius 2 is 2.00 bits per heavy atom. The molecule has 0 radical (unpaired) electrons. The van der Waals surface area contributed by atoms with E-state index in [1.807, 2.05) is 35.2 Å². The predicted octanol–water partition coefficient (Wildman–Crippen LogP) is 4.39. The van der Waals surface area contributed by atoms with Crippen LogP contribution in [0.2, 0.25) is 0 Å². The summed E-state index contributed by atoms with van der Waals surface area (Å²) in [6.45, 7) is 2.70. The molecule has 3 rings (SSSR count). The molecule has 1 fully saturated rings. The van der Waals surface area contributed by atoms with E-state index in [1.54, 1.807) is 24.3 Å². The largest absolute Gasteiger partial charge is 0.322 e. The van der Waals surface area contributed by atoms with Gasteiger partial charge < -0.3 is 10.2 Å². The minimum Gasteiger partial charge on any atom is -0.317 e. The van der Waals surface area contributed by atoms with Gasteiger partial charge in [-0.3, -0.25) is 0 Å². The van der Waals surface area contributed by atoms with Gasteiger partial charge in [0.1, 0.15) is 0 Å². The van der Waals surface area contributed by atoms with Gasteiger partial charge in [-0.05, 0) is 49.4 Å². The number of nitrogens with one attached hydrogen (secondary N) is 1. The SMILES string of the molecule is C[C@@H](C1CC1)N(Cc1ccccc1)C(=O)Nc1cccc(C#N)c1. The number of nitriles is 1. The average Bonchev–Trinajstić information content (AvgIpc) is 3.45. The maximum Gasteiger partial charge on any atom is 0.322 e. The number of nitrogens with zero attached hydrogens (tertiary/aromatic N) is 2. The number of hydrogen-bond donors (Lipinski definition) is 1. The van der Waals surface area contributed by atoms with Gasteiger partial charge in [-0.1, -0.05) is 36.4 Å². The lowest BCUT2D eigenvalue weighted by atomic mass is 10.1. The molecule has 1 aliphatic rings. The van der Waals surface area contributed by atoms with Crippen LogP contribution in [0.1, 0.15) is 30.9 Å². The van der Waals surface area contributed by atoms with Crippen molar-refractivity contribution in [1.29, 1.82) is 5.26 Å². The lowest BCUT2D eigenvalue weighted by Gasteiger charge is -2.29. The molecule has 1 aliphatic carbocycles. The highest BCUT2D eigenvalue weighted by molar-refractivity contribution is 5.89. The van der Waals surface area contributed by atoms with Crippen molar-refractivity contribution in [2.75, 3.05) is 5.32 Å². The number of hydrogen-bond acceptors (Lipinski definition) is 2. The van der Waals surface area contributed by atoms with Gasteiger partial charge in [-0.15, -0.1) is 0 Å². The molecule has 2 amide bonds. The van der Waals surface area contributed by atoms with Crippen molar-refractivity contribution >= 4 is 11.7 Å². The van der Waals surface area contributed by atoms with Gasteiger partial charge in [0.15, 0.2) is 0 Å². The Balaban J connectivity index is 1.76. The molecule has 1 N–H and O–H groups in total. The second-order valence-electron chi connectivity index (χ2n) is 6.31. The van der Waals surface area contributed by atoms with Crippen molar-refractivity contribution in [3.05, 3.63) is 65.7 Å². The summed E-state index contributed by atoms with van der Waals surface area (Å²) in [5.41, 5.74) is 2.31. The molecular formula is C20H21N3O. The molecule has 0 unspecified atom stereocenters. The van der Waals surface area contributed by atoms with E-state index in [9.17, 15) is 4.79 Å². The smallest absolute Gasteiger partial charge is 0.317 e. The molecule has 0 aromatic heterocycles. The van der Waals surface area contributed by atoms with Gasteiger partial charge in [0.2, 0.25) is 0 Å². The second-order valence-corrected chi connectivity index (χ2v) is 6.31. The lowest BCUT2D eigenvalue weighted by Crippen LogP contribution is -2.42. The lowest BCUT2D eigenvalue weighted by molar-refractivity contribution is 0.181. The van der Waals surface area contributed by atoms with Crippen LogP contribution >= 0.6 is 0 Å². The Bertz CT molecular complexity index is 747. The van der Waals surface area contributed by atoms with Crippen LogP contribution in [0.4, 0.5) is 10.5 Å². The van der Waals surface area contributed by atoms with Gasteiger partial charge >= 0.3 is 6.03 Å². The zero-order valence-corrected chi connectivity index (χ0v) is 13.8. The monoisotopic (exact) mass is 319 g/mol. The normalized spacial score (nSPS) is 14.5. The first-order valence-corrected chi connectivity index (χ1v) is 8.29. The molecule has 0 heterocycles. The number of benzene rings is 2. The molecule has 4 heteroatoms. The molecule has 0 bridgehead atoms. The van der Waals surface area contributed by atoms with Crippen molar-refractivity contribution in [3.63, 3.8) is 0 Å². The Morgan fingerprint density at radius 3 is 2.67 bits per heavy atom. The Morgan fingerprint density at radius 1 is 1.25 bits per heavy atom. The molecular weight excluding hydrogens is 298 g/mol. The first-order valence-electron chi connectivity index (χ1n) is 8.29. The van der Waals surface area contributed by atoms with E-state index in [2.05, 4.69) is 18.3 Å². The first-order chi connectivity index (χ1) is 11.7. The van der Waals surface area contributed by atoms with Crippen molar-refractivity contribution in [1.82, 2.24) is 4.90 Å². The third-order valence-corrected chi connectivity index (χ3v) is 4.50. The summed E-state index contributed by atoms with van der Waals surface area (Å²) in [5, 5.41) is 11.9. The summed E-state index contributed by atoms with van der Waals surface area (Å²) >= 11 is 0. The highest BCUT2D eigenvalue weighted by atomic mass is 16.2. The average molecular weight is 319 g/mol. The van der Waals surface area contributed by atoms with E-state index < -0.39 is 0 Å². The van der Waals surface area contributed by atoms with Gasteiger partial charge in [0.05, 0.1) is 11.6 Å². The number of anilines is 1. The van der Waals surface area contributed by atoms with Crippen LogP contribution in [0, 0.1) is 17.2 Å². The van der Waals surface area contributed by atoms with E-state index in [0.29, 0.717) is 23.7 Å². The van der Waals surface area contributed by atoms with Crippen molar-refractivity contribution < 1.29 is 4.79 Å². The summed E-state index contributed by atoms with van der Waals surface area (Å²) in [5.74, 6) is 0.588. The van der Waals surface area contributed by atoms with Crippen LogP contribution in [0.25, 0.3) is 0 Å². The molecule has 0 spiro atoms. The molecule has 0 saturated heterocycles. The van der Waals surface area contributed by atoms with Gasteiger partial charge in [-0.2, -0.15) is 5.26 Å². The second kappa shape index (κ2) is 7.18. The number of amides is 2. The number of carbonyl (C=O) groups is 1. The molecule has 1 saturated carbocycles. The standard InChI is InChI=1S/C20H21N3O/c1-15(18-10-11-18)23(14-16-6-3-2-4-7-16)20(24)22-19-9-5-8-17(12-19)13-21/h2-9,12,15,18H,10-11,14H2,1H3,(H,22,24)/t15-/m0/s1. The highest BCUT2D eigenvalue weighted by Crippen LogP contribution is 2.36. The molecule has 24 heavy (non-hydrogen) atoms. The zero-order valence-electron chi connectivity index (χ0n) is 13.8. The third kappa shape index (κ3) is 3.94. The molecule has 122 valence electrons. The number of rotatable bonds is 5. The van der Waals surface area contributed by atoms with E-state index in [0.717, 1.165) is 5.56 Å². The van der Waals surface area contributed by atoms with Crippen molar-refractivity contribution in [3.8, 4) is 6.07 Å². The molecule has 4 nitrogen and oxygen atoms in total. The molecule has 2 aromatic rings. The van der Waals surface area contributed by atoms with Gasteiger partial charge in [0, 0.05) is 18.3 Å². The van der Waals surface area contributed by atoms with E-state index in [4.69, 9.17) is 5.26 Å². The topological polar surface area (TPSA) is 56.1 Å². The first kappa shape index (κ1) is 16.1. The van der Waals surface area contributed by atoms with Gasteiger partial charge in [-0.25, -0.2) is 4.79 Å². The van der Waals surface area contributed by atoms with Gasteiger partial charge in [0.25, 0.3) is 0 Å². The minimum atomic E-state index is -0.117. The fraction of sp³-hybridized carbons (Fsp3) is 0.300. The summed E-state index contributed by atoms with van der Waals surface area (Å²) in [4.78, 5) is 14.7. The van der Waals surface area contributed by atoms with Crippen LogP contribution in [0.5, 0.6) is 0 Å². The fourth-order valence-corrected chi connectivity index (χ4v) is 2.88. The van der Waals surface area contributed by atoms with E-state index in [-0.39, 0.29) is 12.1 Å². The van der Waals surface area contributed by atoms with Crippen LogP contribution < -0.4 is 5.32 Å². The number of urea groups is 1. The van der Waals surface area contributed by atoms with Crippen LogP contribution in [0.15, 0.2) is 54.6 Å². The summed E-state index contributed by atoms with van der Waals surface area (Å²) in [6.07, 6.45) is 2.37. The van der Waals surface area contributed by atoms with Crippen LogP contribution in [-0.2, 0) is 6.54 Å². The minimum absolute atomic E-state index is 0.117. The van der Waals surface area contributed by atoms with E-state index >= 15 is 0 Å². The number of carbonyl (C=O) groups excluding carboxylic acids is 1. The quantitative estimate of drug-likeness (QED) is 0.888. The third-order valence-electron chi connectivity index (χ3n) is 4.50. The predicted molar refractivity (Wildman–Crippen MR) is 94.3 cm³/mol. The Kier molecular flexibility index (Phi) is 4.81. The fourth-order valence-electron chi connectivity index (χ4n) is 2.88. The van der Waals surface area contributed by atoms with Crippen LogP contribution in [-0.4, -0.2) is 17.0 Å². The molecule has 1 atom stereocenters. The Hall–Kier alpha value is -2.80. The maximum absolute atomic E-state index is 12.8. The summed E-state index contributed by atoms with van der Waals surface area (Å²) in [7, 11) is 0. The summed E-state index contributed by atoms with van der Waals surface area (Å²) in [6, 6.07) is 19.2.